The maximum absolute atomic E-state index is 12.2. The van der Waals surface area contributed by atoms with Crippen molar-refractivity contribution in [3.8, 4) is 0 Å². The van der Waals surface area contributed by atoms with E-state index in [2.05, 4.69) is 10.0 Å². The van der Waals surface area contributed by atoms with Gasteiger partial charge in [-0.1, -0.05) is 11.6 Å². The first-order valence-electron chi connectivity index (χ1n) is 6.07. The lowest BCUT2D eigenvalue weighted by molar-refractivity contribution is -0.384. The third kappa shape index (κ3) is 3.67. The third-order valence-electron chi connectivity index (χ3n) is 3.01. The molecule has 0 aromatic carbocycles. The monoisotopic (exact) mass is 339 g/mol. The van der Waals surface area contributed by atoms with Gasteiger partial charge in [0.25, 0.3) is 15.7 Å². The maximum atomic E-state index is 12.2. The number of thiophene rings is 1. The lowest BCUT2D eigenvalue weighted by Crippen LogP contribution is -2.35. The van der Waals surface area contributed by atoms with Crippen LogP contribution in [0.3, 0.4) is 0 Å². The number of nitrogens with zero attached hydrogens (tertiary/aromatic N) is 1. The summed E-state index contributed by atoms with van der Waals surface area (Å²) >= 11 is 6.39. The van der Waals surface area contributed by atoms with E-state index in [1.54, 1.807) is 0 Å². The summed E-state index contributed by atoms with van der Waals surface area (Å²) in [4.78, 5) is 10.0. The molecule has 1 saturated heterocycles. The Morgan fingerprint density at radius 3 is 2.85 bits per heavy atom. The molecule has 1 aromatic rings. The number of hydrogen-bond acceptors (Lipinski definition) is 6. The summed E-state index contributed by atoms with van der Waals surface area (Å²) < 4.78 is 26.7. The average Bonchev–Trinajstić information content (AvgIpc) is 2.59. The molecular weight excluding hydrogens is 326 g/mol. The van der Waals surface area contributed by atoms with Gasteiger partial charge in [-0.15, -0.1) is 11.3 Å². The zero-order chi connectivity index (χ0) is 14.8. The van der Waals surface area contributed by atoms with Gasteiger partial charge in [-0.25, -0.2) is 13.1 Å². The van der Waals surface area contributed by atoms with Crippen LogP contribution in [-0.2, 0) is 10.0 Å². The van der Waals surface area contributed by atoms with Crippen molar-refractivity contribution < 1.29 is 13.3 Å². The standard InChI is InChI=1S/C10H14ClN3O4S2/c11-10-8(14(15)16)6-9(19-10)20(17,18)13-7-2-1-4-12-5-3-7/h6-7,12-13H,1-5H2. The van der Waals surface area contributed by atoms with Crippen LogP contribution < -0.4 is 10.0 Å². The second-order valence-electron chi connectivity index (χ2n) is 4.48. The number of hydrogen-bond donors (Lipinski definition) is 2. The number of halogens is 1. The molecule has 1 atom stereocenters. The summed E-state index contributed by atoms with van der Waals surface area (Å²) in [5.41, 5.74) is -0.375. The van der Waals surface area contributed by atoms with Gasteiger partial charge in [-0.05, 0) is 32.4 Å². The van der Waals surface area contributed by atoms with Gasteiger partial charge in [-0.2, -0.15) is 0 Å². The maximum Gasteiger partial charge on any atom is 0.300 e. The Morgan fingerprint density at radius 2 is 2.20 bits per heavy atom. The van der Waals surface area contributed by atoms with Crippen LogP contribution in [0.2, 0.25) is 4.34 Å². The molecule has 2 N–H and O–H groups in total. The minimum Gasteiger partial charge on any atom is -0.317 e. The quantitative estimate of drug-likeness (QED) is 0.642. The van der Waals surface area contributed by atoms with Gasteiger partial charge in [0.05, 0.1) is 4.92 Å². The Hall–Kier alpha value is -0.740. The highest BCUT2D eigenvalue weighted by molar-refractivity contribution is 7.91. The van der Waals surface area contributed by atoms with Gasteiger partial charge in [0.1, 0.15) is 4.21 Å². The van der Waals surface area contributed by atoms with Crippen molar-refractivity contribution in [1.29, 1.82) is 0 Å². The van der Waals surface area contributed by atoms with E-state index in [-0.39, 0.29) is 20.3 Å². The molecule has 1 fully saturated rings. The van der Waals surface area contributed by atoms with E-state index in [0.717, 1.165) is 32.0 Å². The number of sulfonamides is 1. The molecule has 0 saturated carbocycles. The van der Waals surface area contributed by atoms with Gasteiger partial charge >= 0.3 is 0 Å². The SMILES string of the molecule is O=[N+]([O-])c1cc(S(=O)(=O)NC2CCCNCC2)sc1Cl. The van der Waals surface area contributed by atoms with Crippen LogP contribution in [-0.4, -0.2) is 32.5 Å². The van der Waals surface area contributed by atoms with Crippen molar-refractivity contribution in [3.63, 3.8) is 0 Å². The topological polar surface area (TPSA) is 101 Å². The lowest BCUT2D eigenvalue weighted by Gasteiger charge is -2.14. The Kier molecular flexibility index (Phi) is 4.97. The van der Waals surface area contributed by atoms with Gasteiger partial charge in [0.2, 0.25) is 0 Å². The first-order chi connectivity index (χ1) is 9.40. The Labute approximate surface area is 125 Å². The van der Waals surface area contributed by atoms with E-state index in [4.69, 9.17) is 11.6 Å². The molecular formula is C10H14ClN3O4S2. The third-order valence-corrected chi connectivity index (χ3v) is 6.34. The van der Waals surface area contributed by atoms with Crippen LogP contribution in [0, 0.1) is 10.1 Å². The smallest absolute Gasteiger partial charge is 0.300 e. The summed E-state index contributed by atoms with van der Waals surface area (Å²) in [7, 11) is -3.76. The molecule has 0 aliphatic carbocycles. The predicted molar refractivity (Wildman–Crippen MR) is 76.8 cm³/mol. The highest BCUT2D eigenvalue weighted by atomic mass is 35.5. The summed E-state index contributed by atoms with van der Waals surface area (Å²) in [5.74, 6) is 0. The van der Waals surface area contributed by atoms with E-state index in [1.807, 2.05) is 0 Å². The molecule has 2 rings (SSSR count). The van der Waals surface area contributed by atoms with E-state index in [9.17, 15) is 18.5 Å². The van der Waals surface area contributed by atoms with Crippen LogP contribution in [0.15, 0.2) is 10.3 Å². The van der Waals surface area contributed by atoms with Gasteiger partial charge < -0.3 is 5.32 Å². The summed E-state index contributed by atoms with van der Waals surface area (Å²) in [6.07, 6.45) is 2.33. The van der Waals surface area contributed by atoms with Crippen LogP contribution in [0.4, 0.5) is 5.69 Å². The number of rotatable bonds is 4. The largest absolute Gasteiger partial charge is 0.317 e. The van der Waals surface area contributed by atoms with Crippen LogP contribution >= 0.6 is 22.9 Å². The average molecular weight is 340 g/mol. The van der Waals surface area contributed by atoms with E-state index in [1.165, 1.54) is 0 Å². The first-order valence-corrected chi connectivity index (χ1v) is 8.74. The van der Waals surface area contributed by atoms with Crippen molar-refractivity contribution in [3.05, 3.63) is 20.5 Å². The van der Waals surface area contributed by atoms with E-state index >= 15 is 0 Å². The normalized spacial score (nSPS) is 20.6. The fourth-order valence-corrected chi connectivity index (χ4v) is 5.00. The second kappa shape index (κ2) is 6.35. The molecule has 0 amide bonds. The minimum atomic E-state index is -3.76. The Balaban J connectivity index is 2.17. The molecule has 112 valence electrons. The molecule has 7 nitrogen and oxygen atoms in total. The molecule has 1 aliphatic rings. The molecule has 10 heteroatoms. The first kappa shape index (κ1) is 15.6. The Bertz CT molecular complexity index is 594. The fraction of sp³-hybridized carbons (Fsp3) is 0.600. The van der Waals surface area contributed by atoms with E-state index < -0.39 is 14.9 Å². The molecule has 1 aromatic heterocycles. The highest BCUT2D eigenvalue weighted by Gasteiger charge is 2.27. The molecule has 0 spiro atoms. The molecule has 2 heterocycles. The molecule has 1 unspecified atom stereocenters. The number of nitro groups is 1. The highest BCUT2D eigenvalue weighted by Crippen LogP contribution is 2.36. The Morgan fingerprint density at radius 1 is 1.45 bits per heavy atom. The summed E-state index contributed by atoms with van der Waals surface area (Å²) in [5, 5.41) is 13.9. The second-order valence-corrected chi connectivity index (χ2v) is 8.08. The molecule has 0 radical (unpaired) electrons. The van der Waals surface area contributed by atoms with Gasteiger partial charge in [-0.3, -0.25) is 10.1 Å². The zero-order valence-corrected chi connectivity index (χ0v) is 12.9. The van der Waals surface area contributed by atoms with Crippen molar-refractivity contribution in [1.82, 2.24) is 10.0 Å². The minimum absolute atomic E-state index is 0.119. The molecule has 20 heavy (non-hydrogen) atoms. The van der Waals surface area contributed by atoms with Gasteiger partial charge in [0, 0.05) is 12.1 Å². The van der Waals surface area contributed by atoms with Crippen molar-refractivity contribution >= 4 is 38.6 Å². The molecule has 0 bridgehead atoms. The van der Waals surface area contributed by atoms with Crippen LogP contribution in [0.5, 0.6) is 0 Å². The zero-order valence-electron chi connectivity index (χ0n) is 10.5. The van der Waals surface area contributed by atoms with Crippen molar-refractivity contribution in [2.24, 2.45) is 0 Å². The predicted octanol–water partition coefficient (Wildman–Crippen LogP) is 1.73. The van der Waals surface area contributed by atoms with Crippen molar-refractivity contribution in [2.45, 2.75) is 29.5 Å². The molecule has 1 aliphatic heterocycles. The van der Waals surface area contributed by atoms with Gasteiger partial charge in [0.15, 0.2) is 4.34 Å². The van der Waals surface area contributed by atoms with E-state index in [0.29, 0.717) is 17.8 Å². The van der Waals surface area contributed by atoms with Crippen LogP contribution in [0.25, 0.3) is 0 Å². The van der Waals surface area contributed by atoms with Crippen molar-refractivity contribution in [2.75, 3.05) is 13.1 Å². The summed E-state index contributed by atoms with van der Waals surface area (Å²) in [6.45, 7) is 1.62. The summed E-state index contributed by atoms with van der Waals surface area (Å²) in [6, 6.07) is 0.847. The van der Waals surface area contributed by atoms with Crippen LogP contribution in [0.1, 0.15) is 19.3 Å². The lowest BCUT2D eigenvalue weighted by atomic mass is 10.1. The number of nitrogens with one attached hydrogen (secondary N) is 2. The fourth-order valence-electron chi connectivity index (χ4n) is 2.01.